The van der Waals surface area contributed by atoms with Crippen molar-refractivity contribution in [3.63, 3.8) is 0 Å². The molecule has 0 saturated carbocycles. The first-order valence-corrected chi connectivity index (χ1v) is 18.5. The van der Waals surface area contributed by atoms with E-state index in [1.165, 1.54) is 67.5 Å². The Bertz CT molecular complexity index is 2640. The Morgan fingerprint density at radius 2 is 1.38 bits per heavy atom. The highest BCUT2D eigenvalue weighted by atomic mass is 32.2. The number of aryl methyl sites for hydroxylation is 2. The van der Waals surface area contributed by atoms with Crippen molar-refractivity contribution in [3.05, 3.63) is 71.5 Å². The van der Waals surface area contributed by atoms with Crippen LogP contribution in [-0.2, 0) is 30.4 Å². The number of benzene rings is 3. The zero-order chi connectivity index (χ0) is 34.8. The van der Waals surface area contributed by atoms with Gasteiger partial charge in [0, 0.05) is 0 Å². The lowest BCUT2D eigenvalue weighted by molar-refractivity contribution is 0.480. The molecular formula is C27H22N8O9S4. The zero-order valence-corrected chi connectivity index (χ0v) is 28.0. The minimum Gasteiger partial charge on any atom is -0.321 e. The molecule has 0 aliphatic carbocycles. The molecule has 3 aromatic heterocycles. The van der Waals surface area contributed by atoms with Gasteiger partial charge in [0.05, 0.1) is 49.1 Å². The molecule has 6 rings (SSSR count). The summed E-state index contributed by atoms with van der Waals surface area (Å²) in [6, 6.07) is 9.17. The summed E-state index contributed by atoms with van der Waals surface area (Å²) in [7, 11) is -13.6. The van der Waals surface area contributed by atoms with Crippen LogP contribution in [0.3, 0.4) is 0 Å². The van der Waals surface area contributed by atoms with Crippen molar-refractivity contribution in [1.82, 2.24) is 24.9 Å². The van der Waals surface area contributed by atoms with E-state index in [1.807, 2.05) is 0 Å². The van der Waals surface area contributed by atoms with Crippen LogP contribution >= 0.6 is 11.3 Å². The van der Waals surface area contributed by atoms with E-state index in [0.717, 1.165) is 11.3 Å². The minimum absolute atomic E-state index is 0.000768. The van der Waals surface area contributed by atoms with E-state index in [9.17, 15) is 38.9 Å². The summed E-state index contributed by atoms with van der Waals surface area (Å²) in [6.45, 7) is 4.76. The summed E-state index contributed by atoms with van der Waals surface area (Å²) in [6.07, 6.45) is 2.62. The minimum atomic E-state index is -4.67. The highest BCUT2D eigenvalue weighted by Gasteiger charge is 2.28. The molecule has 248 valence electrons. The fourth-order valence-corrected chi connectivity index (χ4v) is 8.15. The maximum absolute atomic E-state index is 12.4. The topological polar surface area (TPSA) is 258 Å². The molecule has 21 heteroatoms. The van der Waals surface area contributed by atoms with Crippen molar-refractivity contribution >= 4 is 91.3 Å². The molecule has 0 amide bonds. The van der Waals surface area contributed by atoms with Crippen LogP contribution in [-0.4, -0.2) is 63.8 Å². The Morgan fingerprint density at radius 3 is 2.00 bits per heavy atom. The average molecular weight is 731 g/mol. The number of hydrogen-bond donors (Lipinski definition) is 4. The number of azo groups is 1. The second-order valence-corrected chi connectivity index (χ2v) is 15.6. The first-order chi connectivity index (χ1) is 22.4. The van der Waals surface area contributed by atoms with Gasteiger partial charge in [0.25, 0.3) is 30.4 Å². The summed E-state index contributed by atoms with van der Waals surface area (Å²) in [5.74, 6) is 0.0198. The standard InChI is InChI=1S/C27H22N8O9S4/c1-13-8-14(2)24(48(42,43)44)15(3)23(13)35(27-32-20-7-5-18(47(39,40)41)10-22(20)45-27)26-28-11-16(12-29-26)33-34-25-30-19-6-4-17(46(36,37)38)9-21(19)31-25/h4-12H,1-3H3,(H,30,31)(H,36,37,38)(H,39,40,41)(H,42,43,44). The van der Waals surface area contributed by atoms with Crippen molar-refractivity contribution < 1.29 is 38.9 Å². The molecule has 0 fully saturated rings. The van der Waals surface area contributed by atoms with Gasteiger partial charge in [-0.25, -0.2) is 19.9 Å². The number of hydrogen-bond acceptors (Lipinski definition) is 14. The summed E-state index contributed by atoms with van der Waals surface area (Å²) in [4.78, 5) is 20.8. The van der Waals surface area contributed by atoms with Crippen LogP contribution in [0, 0.1) is 20.8 Å². The fraction of sp³-hybridized carbons (Fsp3) is 0.111. The largest absolute Gasteiger partial charge is 0.321 e. The number of imidazole rings is 1. The predicted molar refractivity (Wildman–Crippen MR) is 174 cm³/mol. The molecule has 0 atom stereocenters. The van der Waals surface area contributed by atoms with Crippen molar-refractivity contribution in [2.24, 2.45) is 10.2 Å². The van der Waals surface area contributed by atoms with Crippen LogP contribution in [0.2, 0.25) is 0 Å². The number of rotatable bonds is 8. The summed E-state index contributed by atoms with van der Waals surface area (Å²) < 4.78 is 100. The van der Waals surface area contributed by atoms with Crippen molar-refractivity contribution in [3.8, 4) is 0 Å². The summed E-state index contributed by atoms with van der Waals surface area (Å²) in [5.41, 5.74) is 2.51. The van der Waals surface area contributed by atoms with E-state index >= 15 is 0 Å². The van der Waals surface area contributed by atoms with Crippen LogP contribution < -0.4 is 4.90 Å². The number of aromatic amines is 1. The SMILES string of the molecule is Cc1cc(C)c(S(=O)(=O)O)c(C)c1N(c1ncc(N=Nc2nc3ccc(S(=O)(=O)O)cc3[nH]2)cn1)c1nc2ccc(S(=O)(=O)O)cc2s1. The summed E-state index contributed by atoms with van der Waals surface area (Å²) >= 11 is 1.02. The van der Waals surface area contributed by atoms with Crippen LogP contribution in [0.25, 0.3) is 21.3 Å². The fourth-order valence-electron chi connectivity index (χ4n) is 5.10. The van der Waals surface area contributed by atoms with Gasteiger partial charge in [0.15, 0.2) is 5.13 Å². The Morgan fingerprint density at radius 1 is 0.750 bits per heavy atom. The van der Waals surface area contributed by atoms with E-state index in [4.69, 9.17) is 0 Å². The Labute approximate surface area is 276 Å². The van der Waals surface area contributed by atoms with E-state index in [1.54, 1.807) is 13.0 Å². The molecule has 0 spiro atoms. The zero-order valence-electron chi connectivity index (χ0n) is 24.8. The highest BCUT2D eigenvalue weighted by Crippen LogP contribution is 2.43. The summed E-state index contributed by atoms with van der Waals surface area (Å²) in [5, 5.41) is 8.28. The quantitative estimate of drug-likeness (QED) is 0.111. The van der Waals surface area contributed by atoms with Gasteiger partial charge in [-0.2, -0.15) is 25.3 Å². The third-order valence-corrected chi connectivity index (χ3v) is 10.8. The second-order valence-electron chi connectivity index (χ2n) is 10.4. The average Bonchev–Trinajstić information content (AvgIpc) is 3.59. The van der Waals surface area contributed by atoms with Crippen molar-refractivity contribution in [2.75, 3.05) is 4.90 Å². The van der Waals surface area contributed by atoms with Crippen LogP contribution in [0.15, 0.2) is 79.8 Å². The van der Waals surface area contributed by atoms with Crippen LogP contribution in [0.4, 0.5) is 28.4 Å². The monoisotopic (exact) mass is 730 g/mol. The van der Waals surface area contributed by atoms with Gasteiger partial charge in [-0.1, -0.05) is 17.4 Å². The molecule has 0 saturated heterocycles. The highest BCUT2D eigenvalue weighted by molar-refractivity contribution is 7.86. The van der Waals surface area contributed by atoms with Crippen molar-refractivity contribution in [1.29, 1.82) is 0 Å². The first-order valence-electron chi connectivity index (χ1n) is 13.4. The van der Waals surface area contributed by atoms with Gasteiger partial charge < -0.3 is 4.98 Å². The number of aromatic nitrogens is 5. The molecule has 0 unspecified atom stereocenters. The molecule has 0 aliphatic rings. The number of nitrogens with zero attached hydrogens (tertiary/aromatic N) is 7. The molecule has 0 bridgehead atoms. The smallest absolute Gasteiger partial charge is 0.295 e. The molecule has 17 nitrogen and oxygen atoms in total. The maximum Gasteiger partial charge on any atom is 0.295 e. The third kappa shape index (κ3) is 6.38. The van der Waals surface area contributed by atoms with Gasteiger partial charge in [-0.05, 0) is 73.9 Å². The molecule has 6 aromatic rings. The Balaban J connectivity index is 1.44. The molecule has 0 aliphatic heterocycles. The molecule has 3 aromatic carbocycles. The van der Waals surface area contributed by atoms with E-state index in [-0.39, 0.29) is 54.2 Å². The van der Waals surface area contributed by atoms with Crippen LogP contribution in [0.1, 0.15) is 16.7 Å². The van der Waals surface area contributed by atoms with E-state index < -0.39 is 30.4 Å². The second kappa shape index (κ2) is 11.7. The lowest BCUT2D eigenvalue weighted by atomic mass is 10.0. The molecule has 48 heavy (non-hydrogen) atoms. The first kappa shape index (κ1) is 33.1. The van der Waals surface area contributed by atoms with Gasteiger partial charge in [0.2, 0.25) is 11.9 Å². The van der Waals surface area contributed by atoms with E-state index in [2.05, 4.69) is 35.1 Å². The van der Waals surface area contributed by atoms with Gasteiger partial charge >= 0.3 is 0 Å². The number of fused-ring (bicyclic) bond motifs is 2. The Kier molecular flexibility index (Phi) is 8.10. The van der Waals surface area contributed by atoms with Gasteiger partial charge in [-0.15, -0.1) is 10.2 Å². The number of nitrogens with one attached hydrogen (secondary N) is 1. The van der Waals surface area contributed by atoms with Gasteiger partial charge in [-0.3, -0.25) is 18.6 Å². The maximum atomic E-state index is 12.4. The lowest BCUT2D eigenvalue weighted by Gasteiger charge is -2.25. The third-order valence-electron chi connectivity index (χ3n) is 7.00. The number of anilines is 3. The van der Waals surface area contributed by atoms with Crippen LogP contribution in [0.5, 0.6) is 0 Å². The lowest BCUT2D eigenvalue weighted by Crippen LogP contribution is -2.17. The number of thiazole rings is 1. The van der Waals surface area contributed by atoms with Gasteiger partial charge in [0.1, 0.15) is 10.6 Å². The van der Waals surface area contributed by atoms with E-state index in [0.29, 0.717) is 26.9 Å². The normalized spacial score (nSPS) is 12.8. The predicted octanol–water partition coefficient (Wildman–Crippen LogP) is 5.51. The Hall–Kier alpha value is -4.77. The van der Waals surface area contributed by atoms with Crippen molar-refractivity contribution in [2.45, 2.75) is 35.5 Å². The molecular weight excluding hydrogens is 709 g/mol. The molecule has 0 radical (unpaired) electrons. The molecule has 4 N–H and O–H groups in total. The molecule has 3 heterocycles. The number of H-pyrrole nitrogens is 1.